The van der Waals surface area contributed by atoms with Crippen LogP contribution < -0.4 is 20.1 Å². The van der Waals surface area contributed by atoms with Crippen molar-refractivity contribution in [2.75, 3.05) is 12.1 Å². The SMILES string of the molecule is Cc1ccc(C(C)NC(=S)Nc2ccc3c(c2)OCO3)cc1C. The Bertz CT molecular complexity index is 746. The van der Waals surface area contributed by atoms with Gasteiger partial charge in [-0.2, -0.15) is 0 Å². The van der Waals surface area contributed by atoms with Gasteiger partial charge in [0.25, 0.3) is 0 Å². The third kappa shape index (κ3) is 3.56. The summed E-state index contributed by atoms with van der Waals surface area (Å²) in [6.45, 7) is 6.60. The van der Waals surface area contributed by atoms with E-state index in [1.807, 2.05) is 18.2 Å². The van der Waals surface area contributed by atoms with Gasteiger partial charge in [0.2, 0.25) is 6.79 Å². The van der Waals surface area contributed by atoms with Crippen LogP contribution in [0.15, 0.2) is 36.4 Å². The molecule has 0 aromatic heterocycles. The zero-order chi connectivity index (χ0) is 16.4. The molecular formula is C18H20N2O2S. The molecule has 120 valence electrons. The second-order valence-electron chi connectivity index (χ2n) is 5.73. The van der Waals surface area contributed by atoms with Crippen LogP contribution in [0, 0.1) is 13.8 Å². The monoisotopic (exact) mass is 328 g/mol. The predicted octanol–water partition coefficient (Wildman–Crippen LogP) is 4.08. The van der Waals surface area contributed by atoms with E-state index in [1.54, 1.807) is 0 Å². The van der Waals surface area contributed by atoms with E-state index in [0.29, 0.717) is 5.11 Å². The van der Waals surface area contributed by atoms with Crippen LogP contribution in [0.2, 0.25) is 0 Å². The van der Waals surface area contributed by atoms with Crippen molar-refractivity contribution < 1.29 is 9.47 Å². The fourth-order valence-electron chi connectivity index (χ4n) is 2.46. The lowest BCUT2D eigenvalue weighted by molar-refractivity contribution is 0.174. The smallest absolute Gasteiger partial charge is 0.231 e. The molecule has 1 atom stereocenters. The molecule has 1 heterocycles. The Balaban J connectivity index is 1.63. The van der Waals surface area contributed by atoms with Gasteiger partial charge in [-0.25, -0.2) is 0 Å². The zero-order valence-corrected chi connectivity index (χ0v) is 14.3. The molecule has 0 amide bonds. The van der Waals surface area contributed by atoms with Crippen molar-refractivity contribution in [3.63, 3.8) is 0 Å². The molecule has 0 saturated heterocycles. The third-order valence-corrected chi connectivity index (χ3v) is 4.23. The molecular weight excluding hydrogens is 308 g/mol. The molecule has 2 aromatic rings. The molecule has 1 aliphatic heterocycles. The summed E-state index contributed by atoms with van der Waals surface area (Å²) in [4.78, 5) is 0. The highest BCUT2D eigenvalue weighted by atomic mass is 32.1. The van der Waals surface area contributed by atoms with Crippen LogP contribution in [0.25, 0.3) is 0 Å². The average Bonchev–Trinajstić information content (AvgIpc) is 2.97. The highest BCUT2D eigenvalue weighted by Crippen LogP contribution is 2.34. The van der Waals surface area contributed by atoms with Crippen LogP contribution in [0.4, 0.5) is 5.69 Å². The van der Waals surface area contributed by atoms with E-state index in [2.05, 4.69) is 49.6 Å². The van der Waals surface area contributed by atoms with Crippen molar-refractivity contribution in [2.45, 2.75) is 26.8 Å². The fraction of sp³-hybridized carbons (Fsp3) is 0.278. The Hall–Kier alpha value is -2.27. The van der Waals surface area contributed by atoms with Crippen LogP contribution in [0.3, 0.4) is 0 Å². The Morgan fingerprint density at radius 2 is 1.83 bits per heavy atom. The van der Waals surface area contributed by atoms with Crippen LogP contribution in [-0.2, 0) is 0 Å². The van der Waals surface area contributed by atoms with Gasteiger partial charge in [0.05, 0.1) is 6.04 Å². The Morgan fingerprint density at radius 1 is 1.04 bits per heavy atom. The zero-order valence-electron chi connectivity index (χ0n) is 13.5. The molecule has 0 aliphatic carbocycles. The quantitative estimate of drug-likeness (QED) is 0.831. The number of ether oxygens (including phenoxy) is 2. The van der Waals surface area contributed by atoms with E-state index in [-0.39, 0.29) is 12.8 Å². The molecule has 1 unspecified atom stereocenters. The summed E-state index contributed by atoms with van der Waals surface area (Å²) < 4.78 is 10.7. The first kappa shape index (κ1) is 15.6. The minimum atomic E-state index is 0.128. The van der Waals surface area contributed by atoms with E-state index in [0.717, 1.165) is 17.2 Å². The maximum absolute atomic E-state index is 5.40. The third-order valence-electron chi connectivity index (χ3n) is 4.01. The van der Waals surface area contributed by atoms with Gasteiger partial charge in [0.15, 0.2) is 16.6 Å². The van der Waals surface area contributed by atoms with Crippen molar-refractivity contribution >= 4 is 23.0 Å². The summed E-state index contributed by atoms with van der Waals surface area (Å²) in [5.74, 6) is 1.50. The number of rotatable bonds is 3. The maximum atomic E-state index is 5.40. The van der Waals surface area contributed by atoms with Crippen LogP contribution >= 0.6 is 12.2 Å². The first-order valence-electron chi connectivity index (χ1n) is 7.57. The predicted molar refractivity (Wildman–Crippen MR) is 96.3 cm³/mol. The lowest BCUT2D eigenvalue weighted by atomic mass is 10.0. The molecule has 0 fully saturated rings. The van der Waals surface area contributed by atoms with E-state index in [9.17, 15) is 0 Å². The molecule has 0 radical (unpaired) electrons. The van der Waals surface area contributed by atoms with Crippen molar-refractivity contribution in [2.24, 2.45) is 0 Å². The molecule has 0 bridgehead atoms. The highest BCUT2D eigenvalue weighted by molar-refractivity contribution is 7.80. The number of nitrogens with one attached hydrogen (secondary N) is 2. The van der Waals surface area contributed by atoms with Gasteiger partial charge in [-0.3, -0.25) is 0 Å². The molecule has 2 aromatic carbocycles. The lowest BCUT2D eigenvalue weighted by Crippen LogP contribution is -2.30. The Kier molecular flexibility index (Phi) is 4.39. The van der Waals surface area contributed by atoms with Crippen molar-refractivity contribution in [1.82, 2.24) is 5.32 Å². The molecule has 3 rings (SSSR count). The minimum Gasteiger partial charge on any atom is -0.454 e. The van der Waals surface area contributed by atoms with E-state index in [1.165, 1.54) is 16.7 Å². The van der Waals surface area contributed by atoms with E-state index in [4.69, 9.17) is 21.7 Å². The van der Waals surface area contributed by atoms with Gasteiger partial charge in [-0.1, -0.05) is 18.2 Å². The fourth-order valence-corrected chi connectivity index (χ4v) is 2.75. The summed E-state index contributed by atoms with van der Waals surface area (Å²) in [5.41, 5.74) is 4.66. The first-order valence-corrected chi connectivity index (χ1v) is 7.98. The molecule has 1 aliphatic rings. The number of benzene rings is 2. The molecule has 0 spiro atoms. The summed E-state index contributed by atoms with van der Waals surface area (Å²) in [7, 11) is 0. The molecule has 0 saturated carbocycles. The van der Waals surface area contributed by atoms with Crippen molar-refractivity contribution in [1.29, 1.82) is 0 Å². The van der Waals surface area contributed by atoms with E-state index < -0.39 is 0 Å². The number of hydrogen-bond acceptors (Lipinski definition) is 3. The number of fused-ring (bicyclic) bond motifs is 1. The second-order valence-corrected chi connectivity index (χ2v) is 6.14. The Labute approximate surface area is 141 Å². The van der Waals surface area contributed by atoms with Gasteiger partial charge >= 0.3 is 0 Å². The lowest BCUT2D eigenvalue weighted by Gasteiger charge is -2.18. The minimum absolute atomic E-state index is 0.128. The summed E-state index contributed by atoms with van der Waals surface area (Å²) >= 11 is 5.40. The maximum Gasteiger partial charge on any atom is 0.231 e. The summed E-state index contributed by atoms with van der Waals surface area (Å²) in [6.07, 6.45) is 0. The van der Waals surface area contributed by atoms with Crippen LogP contribution in [0.5, 0.6) is 11.5 Å². The average molecular weight is 328 g/mol. The van der Waals surface area contributed by atoms with Gasteiger partial charge in [0, 0.05) is 11.8 Å². The second kappa shape index (κ2) is 6.46. The van der Waals surface area contributed by atoms with Crippen LogP contribution in [-0.4, -0.2) is 11.9 Å². The number of thiocarbonyl (C=S) groups is 1. The standard InChI is InChI=1S/C18H20N2O2S/c1-11-4-5-14(8-12(11)2)13(3)19-18(23)20-15-6-7-16-17(9-15)22-10-21-16/h4-9,13H,10H2,1-3H3,(H2,19,20,23). The Morgan fingerprint density at radius 3 is 2.61 bits per heavy atom. The van der Waals surface area contributed by atoms with Crippen molar-refractivity contribution in [3.05, 3.63) is 53.1 Å². The van der Waals surface area contributed by atoms with Gasteiger partial charge in [0.1, 0.15) is 0 Å². The van der Waals surface area contributed by atoms with E-state index >= 15 is 0 Å². The molecule has 5 heteroatoms. The number of hydrogen-bond donors (Lipinski definition) is 2. The molecule has 23 heavy (non-hydrogen) atoms. The number of aryl methyl sites for hydroxylation is 2. The van der Waals surface area contributed by atoms with Gasteiger partial charge < -0.3 is 20.1 Å². The van der Waals surface area contributed by atoms with Gasteiger partial charge in [-0.15, -0.1) is 0 Å². The summed E-state index contributed by atoms with van der Waals surface area (Å²) in [5, 5.41) is 7.07. The van der Waals surface area contributed by atoms with Crippen LogP contribution in [0.1, 0.15) is 29.7 Å². The number of anilines is 1. The highest BCUT2D eigenvalue weighted by Gasteiger charge is 2.14. The molecule has 4 nitrogen and oxygen atoms in total. The first-order chi connectivity index (χ1) is 11.0. The summed E-state index contributed by atoms with van der Waals surface area (Å²) in [6, 6.07) is 12.3. The molecule has 2 N–H and O–H groups in total. The largest absolute Gasteiger partial charge is 0.454 e. The van der Waals surface area contributed by atoms with Crippen molar-refractivity contribution in [3.8, 4) is 11.5 Å². The van der Waals surface area contributed by atoms with Gasteiger partial charge in [-0.05, 0) is 61.8 Å². The normalized spacial score (nSPS) is 13.5. The topological polar surface area (TPSA) is 42.5 Å².